The van der Waals surface area contributed by atoms with Crippen LogP contribution in [0.4, 0.5) is 13.2 Å². The van der Waals surface area contributed by atoms with Crippen molar-refractivity contribution in [2.24, 2.45) is 0 Å². The maximum absolute atomic E-state index is 13.1. The molecule has 6 nitrogen and oxygen atoms in total. The average molecular weight is 405 g/mol. The first-order valence-electron chi connectivity index (χ1n) is 9.06. The highest BCUT2D eigenvalue weighted by Gasteiger charge is 2.38. The standard InChI is InChI=1S/C20H18F3N3O3/c21-20(22,23)29-16-5-1-3-14(13-16)19(8-11-28-12-9-19)25-18(27)17-7-6-15-4-2-10-24-26(15)17/h1-7,10,13H,8-9,11-12H2,(H,25,27). The molecule has 0 radical (unpaired) electrons. The van der Waals surface area contributed by atoms with Gasteiger partial charge in [0.25, 0.3) is 5.91 Å². The number of amides is 1. The third kappa shape index (κ3) is 4.04. The summed E-state index contributed by atoms with van der Waals surface area (Å²) in [6.45, 7) is 0.746. The summed E-state index contributed by atoms with van der Waals surface area (Å²) in [4.78, 5) is 13.1. The maximum Gasteiger partial charge on any atom is 0.573 e. The molecule has 3 aromatic rings. The molecule has 9 heteroatoms. The molecule has 1 N–H and O–H groups in total. The van der Waals surface area contributed by atoms with Crippen LogP contribution in [0.1, 0.15) is 28.9 Å². The van der Waals surface area contributed by atoms with Crippen LogP contribution in [-0.2, 0) is 10.3 Å². The van der Waals surface area contributed by atoms with E-state index < -0.39 is 11.9 Å². The molecule has 1 fully saturated rings. The maximum atomic E-state index is 13.1. The molecule has 1 saturated heterocycles. The fourth-order valence-electron chi connectivity index (χ4n) is 3.60. The van der Waals surface area contributed by atoms with E-state index in [0.29, 0.717) is 37.3 Å². The number of nitrogens with zero attached hydrogens (tertiary/aromatic N) is 2. The van der Waals surface area contributed by atoms with Crippen LogP contribution in [-0.4, -0.2) is 35.1 Å². The van der Waals surface area contributed by atoms with Gasteiger partial charge in [-0.15, -0.1) is 13.2 Å². The number of nitrogens with one attached hydrogen (secondary N) is 1. The van der Waals surface area contributed by atoms with Gasteiger partial charge in [0, 0.05) is 19.4 Å². The number of hydrogen-bond acceptors (Lipinski definition) is 4. The number of fused-ring (bicyclic) bond motifs is 1. The molecule has 4 rings (SSSR count). The molecule has 0 unspecified atom stereocenters. The third-order valence-corrected chi connectivity index (χ3v) is 4.97. The SMILES string of the molecule is O=C(NC1(c2cccc(OC(F)(F)F)c2)CCOCC1)c1ccc2cccnn12. The highest BCUT2D eigenvalue weighted by molar-refractivity contribution is 5.94. The molecular formula is C20H18F3N3O3. The Kier molecular flexibility index (Phi) is 4.91. The summed E-state index contributed by atoms with van der Waals surface area (Å²) < 4.78 is 48.9. The van der Waals surface area contributed by atoms with Crippen molar-refractivity contribution in [1.82, 2.24) is 14.9 Å². The topological polar surface area (TPSA) is 64.9 Å². The van der Waals surface area contributed by atoms with Crippen molar-refractivity contribution in [3.05, 3.63) is 66.0 Å². The normalized spacial score (nSPS) is 16.5. The van der Waals surface area contributed by atoms with Crippen LogP contribution in [0.5, 0.6) is 5.75 Å². The van der Waals surface area contributed by atoms with Crippen LogP contribution < -0.4 is 10.1 Å². The van der Waals surface area contributed by atoms with Crippen molar-refractivity contribution < 1.29 is 27.4 Å². The van der Waals surface area contributed by atoms with E-state index in [0.717, 1.165) is 5.52 Å². The molecule has 0 aliphatic carbocycles. The second kappa shape index (κ2) is 7.40. The molecule has 1 aliphatic heterocycles. The minimum Gasteiger partial charge on any atom is -0.406 e. The molecule has 152 valence electrons. The fraction of sp³-hybridized carbons (Fsp3) is 0.300. The molecule has 0 atom stereocenters. The molecule has 2 aromatic heterocycles. The van der Waals surface area contributed by atoms with Gasteiger partial charge in [0.15, 0.2) is 0 Å². The Hall–Kier alpha value is -3.07. The third-order valence-electron chi connectivity index (χ3n) is 4.97. The lowest BCUT2D eigenvalue weighted by Gasteiger charge is -2.38. The zero-order valence-corrected chi connectivity index (χ0v) is 15.3. The van der Waals surface area contributed by atoms with E-state index >= 15 is 0 Å². The Morgan fingerprint density at radius 1 is 1.14 bits per heavy atom. The molecule has 1 aliphatic rings. The van der Waals surface area contributed by atoms with Crippen molar-refractivity contribution in [1.29, 1.82) is 0 Å². The van der Waals surface area contributed by atoms with Gasteiger partial charge in [0.05, 0.1) is 11.1 Å². The van der Waals surface area contributed by atoms with E-state index in [4.69, 9.17) is 4.74 Å². The first-order chi connectivity index (χ1) is 13.9. The lowest BCUT2D eigenvalue weighted by Crippen LogP contribution is -2.49. The van der Waals surface area contributed by atoms with Crippen LogP contribution in [0.15, 0.2) is 54.7 Å². The van der Waals surface area contributed by atoms with Gasteiger partial charge in [0.2, 0.25) is 0 Å². The second-order valence-corrected chi connectivity index (χ2v) is 6.80. The van der Waals surface area contributed by atoms with Gasteiger partial charge in [-0.1, -0.05) is 12.1 Å². The molecule has 0 saturated carbocycles. The Bertz CT molecular complexity index is 1030. The highest BCUT2D eigenvalue weighted by atomic mass is 19.4. The van der Waals surface area contributed by atoms with E-state index in [2.05, 4.69) is 15.2 Å². The summed E-state index contributed by atoms with van der Waals surface area (Å²) in [5.41, 5.74) is 0.761. The van der Waals surface area contributed by atoms with Gasteiger partial charge in [-0.3, -0.25) is 4.79 Å². The van der Waals surface area contributed by atoms with Gasteiger partial charge >= 0.3 is 6.36 Å². The number of carbonyl (C=O) groups excluding carboxylic acids is 1. The Morgan fingerprint density at radius 2 is 1.93 bits per heavy atom. The summed E-state index contributed by atoms with van der Waals surface area (Å²) in [5, 5.41) is 7.21. The molecule has 1 amide bonds. The van der Waals surface area contributed by atoms with E-state index in [9.17, 15) is 18.0 Å². The van der Waals surface area contributed by atoms with Gasteiger partial charge in [-0.25, -0.2) is 4.52 Å². The van der Waals surface area contributed by atoms with Gasteiger partial charge < -0.3 is 14.8 Å². The van der Waals surface area contributed by atoms with Crippen LogP contribution in [0.3, 0.4) is 0 Å². The number of carbonyl (C=O) groups is 1. The van der Waals surface area contributed by atoms with Crippen molar-refractivity contribution >= 4 is 11.4 Å². The molecule has 29 heavy (non-hydrogen) atoms. The predicted molar refractivity (Wildman–Crippen MR) is 97.5 cm³/mol. The minimum absolute atomic E-state index is 0.329. The number of ether oxygens (including phenoxy) is 2. The van der Waals surface area contributed by atoms with Crippen molar-refractivity contribution in [2.45, 2.75) is 24.7 Å². The molecule has 0 bridgehead atoms. The lowest BCUT2D eigenvalue weighted by atomic mass is 9.82. The Labute approximate surface area is 164 Å². The number of aromatic nitrogens is 2. The number of alkyl halides is 3. The smallest absolute Gasteiger partial charge is 0.406 e. The van der Waals surface area contributed by atoms with Crippen molar-refractivity contribution in [3.63, 3.8) is 0 Å². The first kappa shape index (κ1) is 19.3. The molecule has 1 aromatic carbocycles. The quantitative estimate of drug-likeness (QED) is 0.720. The summed E-state index contributed by atoms with van der Waals surface area (Å²) >= 11 is 0. The van der Waals surface area contributed by atoms with E-state index in [-0.39, 0.29) is 11.7 Å². The van der Waals surface area contributed by atoms with E-state index in [1.807, 2.05) is 6.07 Å². The van der Waals surface area contributed by atoms with Crippen molar-refractivity contribution in [2.75, 3.05) is 13.2 Å². The summed E-state index contributed by atoms with van der Waals surface area (Å²) in [6, 6.07) is 12.7. The van der Waals surface area contributed by atoms with E-state index in [1.165, 1.54) is 22.7 Å². The average Bonchev–Trinajstić information content (AvgIpc) is 3.12. The Morgan fingerprint density at radius 3 is 2.69 bits per heavy atom. The number of benzene rings is 1. The highest BCUT2D eigenvalue weighted by Crippen LogP contribution is 2.35. The van der Waals surface area contributed by atoms with Gasteiger partial charge in [0.1, 0.15) is 11.4 Å². The summed E-state index contributed by atoms with van der Waals surface area (Å²) in [6.07, 6.45) is -2.37. The largest absolute Gasteiger partial charge is 0.573 e. The molecule has 3 heterocycles. The minimum atomic E-state index is -4.79. The van der Waals surface area contributed by atoms with Gasteiger partial charge in [-0.2, -0.15) is 5.10 Å². The number of halogens is 3. The summed E-state index contributed by atoms with van der Waals surface area (Å²) in [5.74, 6) is -0.697. The molecular weight excluding hydrogens is 387 g/mol. The van der Waals surface area contributed by atoms with E-state index in [1.54, 1.807) is 30.5 Å². The van der Waals surface area contributed by atoms with Crippen molar-refractivity contribution in [3.8, 4) is 5.75 Å². The zero-order chi connectivity index (χ0) is 20.5. The predicted octanol–water partition coefficient (Wildman–Crippen LogP) is 3.67. The number of rotatable bonds is 4. The fourth-order valence-corrected chi connectivity index (χ4v) is 3.60. The zero-order valence-electron chi connectivity index (χ0n) is 15.3. The Balaban J connectivity index is 1.67. The number of hydrogen-bond donors (Lipinski definition) is 1. The van der Waals surface area contributed by atoms with Crippen LogP contribution >= 0.6 is 0 Å². The second-order valence-electron chi connectivity index (χ2n) is 6.80. The van der Waals surface area contributed by atoms with Gasteiger partial charge in [-0.05, 0) is 54.8 Å². The van der Waals surface area contributed by atoms with Crippen LogP contribution in [0.25, 0.3) is 5.52 Å². The lowest BCUT2D eigenvalue weighted by molar-refractivity contribution is -0.274. The first-order valence-corrected chi connectivity index (χ1v) is 9.06. The monoisotopic (exact) mass is 405 g/mol. The summed E-state index contributed by atoms with van der Waals surface area (Å²) in [7, 11) is 0. The van der Waals surface area contributed by atoms with Crippen LogP contribution in [0.2, 0.25) is 0 Å². The molecule has 0 spiro atoms. The van der Waals surface area contributed by atoms with Crippen LogP contribution in [0, 0.1) is 0 Å².